The van der Waals surface area contributed by atoms with Crippen LogP contribution in [0.25, 0.3) is 0 Å². The summed E-state index contributed by atoms with van der Waals surface area (Å²) in [5.41, 5.74) is 2.62. The third-order valence-electron chi connectivity index (χ3n) is 4.97. The molecule has 1 aliphatic heterocycles. The first-order chi connectivity index (χ1) is 14.0. The maximum absolute atomic E-state index is 13.2. The topological polar surface area (TPSA) is 38.3 Å². The molecule has 1 heterocycles. The van der Waals surface area contributed by atoms with Gasteiger partial charge in [-0.15, -0.1) is 0 Å². The molecule has 1 amide bonds. The minimum atomic E-state index is -0.690. The zero-order valence-corrected chi connectivity index (χ0v) is 16.8. The Morgan fingerprint density at radius 2 is 1.38 bits per heavy atom. The number of rotatable bonds is 4. The van der Waals surface area contributed by atoms with Crippen molar-refractivity contribution < 1.29 is 13.9 Å². The fraction of sp³-hybridized carbons (Fsp3) is 0.174. The first-order valence-corrected chi connectivity index (χ1v) is 9.96. The lowest BCUT2D eigenvalue weighted by atomic mass is 9.92. The van der Waals surface area contributed by atoms with Crippen molar-refractivity contribution in [3.8, 4) is 0 Å². The van der Waals surface area contributed by atoms with Crippen LogP contribution in [-0.2, 0) is 16.0 Å². The molecule has 1 saturated heterocycles. The van der Waals surface area contributed by atoms with Crippen LogP contribution >= 0.6 is 23.2 Å². The molecule has 3 aromatic carbocycles. The van der Waals surface area contributed by atoms with E-state index in [0.717, 1.165) is 16.7 Å². The molecule has 3 nitrogen and oxygen atoms in total. The fourth-order valence-electron chi connectivity index (χ4n) is 3.47. The van der Waals surface area contributed by atoms with Crippen LogP contribution in [0.3, 0.4) is 0 Å². The number of carbonyl (C=O) groups is 1. The normalized spacial score (nSPS) is 21.6. The van der Waals surface area contributed by atoms with E-state index in [0.29, 0.717) is 16.5 Å². The number of ether oxygens (including phenoxy) is 1. The molecule has 148 valence electrons. The summed E-state index contributed by atoms with van der Waals surface area (Å²) in [5.74, 6) is -0.524. The number of morpholine rings is 1. The van der Waals surface area contributed by atoms with Gasteiger partial charge in [-0.1, -0.05) is 59.6 Å². The number of benzene rings is 3. The van der Waals surface area contributed by atoms with Crippen LogP contribution in [0.2, 0.25) is 10.0 Å². The van der Waals surface area contributed by atoms with Crippen molar-refractivity contribution in [2.45, 2.75) is 24.7 Å². The monoisotopic (exact) mass is 429 g/mol. The molecule has 3 atom stereocenters. The average molecular weight is 430 g/mol. The third kappa shape index (κ3) is 4.61. The first-order valence-electron chi connectivity index (χ1n) is 9.21. The van der Waals surface area contributed by atoms with E-state index in [1.165, 1.54) is 12.1 Å². The van der Waals surface area contributed by atoms with E-state index in [1.807, 2.05) is 24.3 Å². The molecule has 6 heteroatoms. The Kier molecular flexibility index (Phi) is 5.86. The highest BCUT2D eigenvalue weighted by molar-refractivity contribution is 6.30. The molecular formula is C23H18Cl2FNO2. The van der Waals surface area contributed by atoms with Crippen molar-refractivity contribution >= 4 is 29.1 Å². The summed E-state index contributed by atoms with van der Waals surface area (Å²) in [6.45, 7) is 0. The standard InChI is InChI=1S/C23H18Cl2FNO2/c24-17-7-3-15(4-8-17)21-22(16-5-9-18(25)10-6-16)29-20(23(28)27-21)13-14-1-11-19(26)12-2-14/h1-12,20-22H,13H2,(H,27,28)/t20?,21-,22+/m0/s1. The summed E-state index contributed by atoms with van der Waals surface area (Å²) in [6.07, 6.45) is -0.745. The second-order valence-corrected chi connectivity index (χ2v) is 7.84. The van der Waals surface area contributed by atoms with Gasteiger partial charge in [0.25, 0.3) is 0 Å². The number of carbonyl (C=O) groups excluding carboxylic acids is 1. The molecule has 1 aliphatic rings. The van der Waals surface area contributed by atoms with Gasteiger partial charge >= 0.3 is 0 Å². The van der Waals surface area contributed by atoms with Crippen molar-refractivity contribution in [3.05, 3.63) is 105 Å². The van der Waals surface area contributed by atoms with Gasteiger partial charge in [0.2, 0.25) is 5.91 Å². The van der Waals surface area contributed by atoms with Crippen molar-refractivity contribution in [3.63, 3.8) is 0 Å². The summed E-state index contributed by atoms with van der Waals surface area (Å²) in [7, 11) is 0. The second-order valence-electron chi connectivity index (χ2n) is 6.97. The van der Waals surface area contributed by atoms with E-state index in [9.17, 15) is 9.18 Å². The molecule has 1 N–H and O–H groups in total. The molecule has 0 aromatic heterocycles. The Morgan fingerprint density at radius 3 is 1.97 bits per heavy atom. The van der Waals surface area contributed by atoms with Crippen LogP contribution < -0.4 is 5.32 Å². The fourth-order valence-corrected chi connectivity index (χ4v) is 3.72. The minimum absolute atomic E-state index is 0.209. The lowest BCUT2D eigenvalue weighted by Gasteiger charge is -2.37. The highest BCUT2D eigenvalue weighted by Crippen LogP contribution is 2.37. The Labute approximate surface area is 178 Å². The molecule has 29 heavy (non-hydrogen) atoms. The lowest BCUT2D eigenvalue weighted by molar-refractivity contribution is -0.150. The number of hydrogen-bond donors (Lipinski definition) is 1. The molecule has 3 aromatic rings. The Hall–Kier alpha value is -2.40. The molecule has 0 saturated carbocycles. The largest absolute Gasteiger partial charge is 0.358 e. The van der Waals surface area contributed by atoms with Gasteiger partial charge in [0, 0.05) is 16.5 Å². The van der Waals surface area contributed by atoms with Crippen molar-refractivity contribution in [1.29, 1.82) is 0 Å². The average Bonchev–Trinajstić information content (AvgIpc) is 2.72. The quantitative estimate of drug-likeness (QED) is 0.579. The van der Waals surface area contributed by atoms with Crippen LogP contribution in [0.5, 0.6) is 0 Å². The van der Waals surface area contributed by atoms with Crippen LogP contribution in [0.4, 0.5) is 4.39 Å². The van der Waals surface area contributed by atoms with Crippen LogP contribution in [0.1, 0.15) is 28.8 Å². The lowest BCUT2D eigenvalue weighted by Crippen LogP contribution is -2.48. The van der Waals surface area contributed by atoms with E-state index in [4.69, 9.17) is 27.9 Å². The smallest absolute Gasteiger partial charge is 0.250 e. The Morgan fingerprint density at radius 1 is 0.828 bits per heavy atom. The molecule has 0 spiro atoms. The van der Waals surface area contributed by atoms with Crippen molar-refractivity contribution in [2.24, 2.45) is 0 Å². The number of nitrogens with one attached hydrogen (secondary N) is 1. The summed E-state index contributed by atoms with van der Waals surface area (Å²) >= 11 is 12.1. The molecule has 1 unspecified atom stereocenters. The molecule has 0 bridgehead atoms. The van der Waals surface area contributed by atoms with E-state index in [-0.39, 0.29) is 17.8 Å². The van der Waals surface area contributed by atoms with E-state index in [2.05, 4.69) is 5.32 Å². The predicted octanol–water partition coefficient (Wildman–Crippen LogP) is 5.67. The summed E-state index contributed by atoms with van der Waals surface area (Å²) in [6, 6.07) is 20.4. The minimum Gasteiger partial charge on any atom is -0.358 e. The van der Waals surface area contributed by atoms with Gasteiger partial charge in [-0.25, -0.2) is 4.39 Å². The number of halogens is 3. The van der Waals surface area contributed by atoms with E-state index in [1.54, 1.807) is 36.4 Å². The third-order valence-corrected chi connectivity index (χ3v) is 5.47. The molecule has 0 radical (unpaired) electrons. The number of amides is 1. The Balaban J connectivity index is 1.64. The van der Waals surface area contributed by atoms with Gasteiger partial charge in [0.05, 0.1) is 6.04 Å². The highest BCUT2D eigenvalue weighted by atomic mass is 35.5. The van der Waals surface area contributed by atoms with Gasteiger partial charge in [-0.3, -0.25) is 4.79 Å². The maximum Gasteiger partial charge on any atom is 0.250 e. The van der Waals surface area contributed by atoms with Gasteiger partial charge in [0.1, 0.15) is 18.0 Å². The van der Waals surface area contributed by atoms with Crippen molar-refractivity contribution in [2.75, 3.05) is 0 Å². The van der Waals surface area contributed by atoms with Gasteiger partial charge < -0.3 is 10.1 Å². The Bertz CT molecular complexity index is 991. The maximum atomic E-state index is 13.2. The SMILES string of the molecule is O=C1N[C@@H](c2ccc(Cl)cc2)[C@@H](c2ccc(Cl)cc2)OC1Cc1ccc(F)cc1. The highest BCUT2D eigenvalue weighted by Gasteiger charge is 2.38. The predicted molar refractivity (Wildman–Crippen MR) is 112 cm³/mol. The summed E-state index contributed by atoms with van der Waals surface area (Å²) in [4.78, 5) is 12.8. The zero-order chi connectivity index (χ0) is 20.4. The summed E-state index contributed by atoms with van der Waals surface area (Å²) < 4.78 is 19.5. The van der Waals surface area contributed by atoms with Gasteiger partial charge in [0.15, 0.2) is 0 Å². The van der Waals surface area contributed by atoms with E-state index < -0.39 is 12.2 Å². The van der Waals surface area contributed by atoms with Gasteiger partial charge in [-0.2, -0.15) is 0 Å². The second kappa shape index (κ2) is 8.54. The summed E-state index contributed by atoms with van der Waals surface area (Å²) in [5, 5.41) is 4.33. The number of hydrogen-bond acceptors (Lipinski definition) is 2. The van der Waals surface area contributed by atoms with Crippen LogP contribution in [0.15, 0.2) is 72.8 Å². The van der Waals surface area contributed by atoms with E-state index >= 15 is 0 Å². The molecule has 0 aliphatic carbocycles. The van der Waals surface area contributed by atoms with Gasteiger partial charge in [-0.05, 0) is 53.1 Å². The molecule has 4 rings (SSSR count). The molecule has 1 fully saturated rings. The first kappa shape index (κ1) is 19.9. The zero-order valence-electron chi connectivity index (χ0n) is 15.3. The molecular weight excluding hydrogens is 412 g/mol. The van der Waals surface area contributed by atoms with Crippen LogP contribution in [0, 0.1) is 5.82 Å². The van der Waals surface area contributed by atoms with Crippen LogP contribution in [-0.4, -0.2) is 12.0 Å². The van der Waals surface area contributed by atoms with Crippen molar-refractivity contribution in [1.82, 2.24) is 5.32 Å².